The second-order valence-electron chi connectivity index (χ2n) is 1.95. The smallest absolute Gasteiger partial charge is 0.0851 e. The molecule has 0 aliphatic rings. The Bertz CT molecular complexity index is 171. The third-order valence-corrected chi connectivity index (χ3v) is 1.91. The molecule has 1 N–H and O–H groups in total. The molecule has 0 atom stereocenters. The maximum absolute atomic E-state index is 3.36. The van der Waals surface area contributed by atoms with Gasteiger partial charge in [0.05, 0.1) is 4.60 Å². The van der Waals surface area contributed by atoms with E-state index in [4.69, 9.17) is 0 Å². The van der Waals surface area contributed by atoms with Crippen LogP contribution in [0.4, 0.5) is 0 Å². The van der Waals surface area contributed by atoms with E-state index >= 15 is 0 Å². The minimum atomic E-state index is 1.09. The van der Waals surface area contributed by atoms with Crippen LogP contribution in [0.15, 0.2) is 10.7 Å². The average molecular weight is 174 g/mol. The molecule has 1 aromatic heterocycles. The number of aryl methyl sites for hydroxylation is 2. The van der Waals surface area contributed by atoms with Gasteiger partial charge in [-0.25, -0.2) is 0 Å². The number of nitrogens with one attached hydrogen (secondary N) is 1. The molecule has 2 heteroatoms. The van der Waals surface area contributed by atoms with Gasteiger partial charge in [0.1, 0.15) is 0 Å². The molecule has 0 radical (unpaired) electrons. The summed E-state index contributed by atoms with van der Waals surface area (Å²) in [5.74, 6) is 0. The highest BCUT2D eigenvalue weighted by atomic mass is 79.9. The molecular weight excluding hydrogens is 166 g/mol. The lowest BCUT2D eigenvalue weighted by Crippen LogP contribution is -1.64. The van der Waals surface area contributed by atoms with Crippen molar-refractivity contribution in [2.75, 3.05) is 0 Å². The first-order valence-corrected chi connectivity index (χ1v) is 3.31. The van der Waals surface area contributed by atoms with Crippen LogP contribution in [-0.2, 0) is 0 Å². The molecule has 0 bridgehead atoms. The first-order valence-electron chi connectivity index (χ1n) is 2.52. The summed E-state index contributed by atoms with van der Waals surface area (Å²) < 4.78 is 1.09. The lowest BCUT2D eigenvalue weighted by atomic mass is 10.4. The summed E-state index contributed by atoms with van der Waals surface area (Å²) in [7, 11) is 0. The van der Waals surface area contributed by atoms with Gasteiger partial charge in [-0.3, -0.25) is 0 Å². The number of hydrogen-bond donors (Lipinski definition) is 1. The predicted octanol–water partition coefficient (Wildman–Crippen LogP) is 2.39. The number of hydrogen-bond acceptors (Lipinski definition) is 0. The lowest BCUT2D eigenvalue weighted by molar-refractivity contribution is 1.23. The van der Waals surface area contributed by atoms with Gasteiger partial charge in [0.15, 0.2) is 0 Å². The molecule has 0 unspecified atom stereocenters. The van der Waals surface area contributed by atoms with Crippen molar-refractivity contribution >= 4 is 15.9 Å². The number of rotatable bonds is 0. The fourth-order valence-corrected chi connectivity index (χ4v) is 1.12. The van der Waals surface area contributed by atoms with Crippen LogP contribution >= 0.6 is 15.9 Å². The molecule has 0 saturated carbocycles. The van der Waals surface area contributed by atoms with Crippen molar-refractivity contribution in [3.05, 3.63) is 21.9 Å². The van der Waals surface area contributed by atoms with Crippen molar-refractivity contribution in [2.24, 2.45) is 0 Å². The van der Waals surface area contributed by atoms with Crippen LogP contribution in [0.2, 0.25) is 0 Å². The molecule has 0 fully saturated rings. The fraction of sp³-hybridized carbons (Fsp3) is 0.333. The molecule has 8 heavy (non-hydrogen) atoms. The lowest BCUT2D eigenvalue weighted by Gasteiger charge is -1.79. The van der Waals surface area contributed by atoms with Crippen molar-refractivity contribution in [1.82, 2.24) is 4.98 Å². The zero-order valence-electron chi connectivity index (χ0n) is 4.96. The van der Waals surface area contributed by atoms with E-state index in [1.54, 1.807) is 0 Å². The van der Waals surface area contributed by atoms with E-state index in [1.165, 1.54) is 11.3 Å². The van der Waals surface area contributed by atoms with Gasteiger partial charge in [0, 0.05) is 5.69 Å². The topological polar surface area (TPSA) is 15.8 Å². The van der Waals surface area contributed by atoms with Gasteiger partial charge in [-0.1, -0.05) is 0 Å². The molecule has 1 rings (SSSR count). The van der Waals surface area contributed by atoms with Crippen LogP contribution in [-0.4, -0.2) is 4.98 Å². The molecule has 1 aromatic rings. The van der Waals surface area contributed by atoms with Crippen LogP contribution in [0.25, 0.3) is 0 Å². The van der Waals surface area contributed by atoms with Crippen molar-refractivity contribution < 1.29 is 0 Å². The van der Waals surface area contributed by atoms with Crippen LogP contribution in [0.1, 0.15) is 11.3 Å². The standard InChI is InChI=1S/C6H8BrN/c1-4-3-5(2)8-6(4)7/h3,8H,1-2H3. The zero-order valence-corrected chi connectivity index (χ0v) is 6.54. The summed E-state index contributed by atoms with van der Waals surface area (Å²) in [6, 6.07) is 2.10. The SMILES string of the molecule is Cc1cc(C)c(Br)[nH]1. The second kappa shape index (κ2) is 1.94. The van der Waals surface area contributed by atoms with E-state index in [0.29, 0.717) is 0 Å². The maximum atomic E-state index is 3.36. The van der Waals surface area contributed by atoms with Crippen LogP contribution in [0, 0.1) is 13.8 Å². The summed E-state index contributed by atoms with van der Waals surface area (Å²) in [6.45, 7) is 4.10. The molecule has 0 aliphatic heterocycles. The molecule has 1 heterocycles. The van der Waals surface area contributed by atoms with Crippen LogP contribution < -0.4 is 0 Å². The highest BCUT2D eigenvalue weighted by Crippen LogP contribution is 2.14. The zero-order chi connectivity index (χ0) is 6.15. The highest BCUT2D eigenvalue weighted by molar-refractivity contribution is 9.10. The highest BCUT2D eigenvalue weighted by Gasteiger charge is 1.93. The number of aromatic nitrogens is 1. The van der Waals surface area contributed by atoms with Gasteiger partial charge in [-0.15, -0.1) is 0 Å². The normalized spacial score (nSPS) is 9.88. The third-order valence-electron chi connectivity index (χ3n) is 1.09. The molecule has 0 spiro atoms. The van der Waals surface area contributed by atoms with Gasteiger partial charge in [0.2, 0.25) is 0 Å². The Balaban J connectivity index is 3.14. The Morgan fingerprint density at radius 1 is 1.50 bits per heavy atom. The van der Waals surface area contributed by atoms with Gasteiger partial charge in [0.25, 0.3) is 0 Å². The van der Waals surface area contributed by atoms with Crippen molar-refractivity contribution in [1.29, 1.82) is 0 Å². The fourth-order valence-electron chi connectivity index (χ4n) is 0.696. The van der Waals surface area contributed by atoms with E-state index in [2.05, 4.69) is 33.9 Å². The minimum absolute atomic E-state index is 1.09. The summed E-state index contributed by atoms with van der Waals surface area (Å²) in [5, 5.41) is 0. The first-order chi connectivity index (χ1) is 3.70. The van der Waals surface area contributed by atoms with Crippen molar-refractivity contribution in [3.63, 3.8) is 0 Å². The van der Waals surface area contributed by atoms with Gasteiger partial charge < -0.3 is 4.98 Å². The Kier molecular flexibility index (Phi) is 1.43. The monoisotopic (exact) mass is 173 g/mol. The quantitative estimate of drug-likeness (QED) is 0.621. The molecule has 0 aromatic carbocycles. The molecule has 0 aliphatic carbocycles. The van der Waals surface area contributed by atoms with Crippen molar-refractivity contribution in [2.45, 2.75) is 13.8 Å². The van der Waals surface area contributed by atoms with E-state index in [-0.39, 0.29) is 0 Å². The third kappa shape index (κ3) is 0.944. The summed E-state index contributed by atoms with van der Waals surface area (Å²) in [4.78, 5) is 3.12. The molecule has 0 amide bonds. The van der Waals surface area contributed by atoms with E-state index in [0.717, 1.165) is 4.60 Å². The molecule has 1 nitrogen and oxygen atoms in total. The van der Waals surface area contributed by atoms with Crippen LogP contribution in [0.3, 0.4) is 0 Å². The Labute approximate surface area is 57.2 Å². The Hall–Kier alpha value is -0.240. The number of aromatic amines is 1. The average Bonchev–Trinajstić information content (AvgIpc) is 1.85. The minimum Gasteiger partial charge on any atom is -0.353 e. The second-order valence-corrected chi connectivity index (χ2v) is 2.74. The number of halogens is 1. The first kappa shape index (κ1) is 5.89. The van der Waals surface area contributed by atoms with Crippen LogP contribution in [0.5, 0.6) is 0 Å². The van der Waals surface area contributed by atoms with Crippen molar-refractivity contribution in [3.8, 4) is 0 Å². The van der Waals surface area contributed by atoms with E-state index in [1.807, 2.05) is 6.92 Å². The van der Waals surface area contributed by atoms with E-state index < -0.39 is 0 Å². The van der Waals surface area contributed by atoms with E-state index in [9.17, 15) is 0 Å². The summed E-state index contributed by atoms with van der Waals surface area (Å²) in [6.07, 6.45) is 0. The molecule has 44 valence electrons. The predicted molar refractivity (Wildman–Crippen MR) is 38.0 cm³/mol. The van der Waals surface area contributed by atoms with Gasteiger partial charge >= 0.3 is 0 Å². The molecule has 0 saturated heterocycles. The maximum Gasteiger partial charge on any atom is 0.0851 e. The summed E-state index contributed by atoms with van der Waals surface area (Å²) >= 11 is 3.36. The van der Waals surface area contributed by atoms with Gasteiger partial charge in [-0.05, 0) is 41.4 Å². The number of H-pyrrole nitrogens is 1. The Morgan fingerprint density at radius 2 is 2.12 bits per heavy atom. The summed E-state index contributed by atoms with van der Waals surface area (Å²) in [5.41, 5.74) is 2.47. The molecular formula is C6H8BrN. The largest absolute Gasteiger partial charge is 0.353 e. The van der Waals surface area contributed by atoms with Gasteiger partial charge in [-0.2, -0.15) is 0 Å². The Morgan fingerprint density at radius 3 is 2.25 bits per heavy atom.